The molecule has 0 spiro atoms. The van der Waals surface area contributed by atoms with Gasteiger partial charge in [0.15, 0.2) is 12.4 Å². The number of carbonyl (C=O) groups excluding carboxylic acids is 3. The fraction of sp³-hybridized carbons (Fsp3) is 0.192. The van der Waals surface area contributed by atoms with E-state index < -0.39 is 11.9 Å². The topological polar surface area (TPSA) is 81.7 Å². The predicted octanol–water partition coefficient (Wildman–Crippen LogP) is 4.18. The van der Waals surface area contributed by atoms with Crippen LogP contribution in [0.25, 0.3) is 11.1 Å². The van der Waals surface area contributed by atoms with Crippen LogP contribution in [0.2, 0.25) is 0 Å². The molecule has 1 amide bonds. The van der Waals surface area contributed by atoms with Crippen LogP contribution in [0.15, 0.2) is 78.9 Å². The van der Waals surface area contributed by atoms with Crippen LogP contribution >= 0.6 is 0 Å². The molecular formula is C26H25NO5. The third-order valence-electron chi connectivity index (χ3n) is 4.88. The van der Waals surface area contributed by atoms with Crippen LogP contribution < -0.4 is 10.1 Å². The molecule has 3 rings (SSSR count). The van der Waals surface area contributed by atoms with Crippen molar-refractivity contribution in [3.8, 4) is 16.9 Å². The van der Waals surface area contributed by atoms with E-state index in [0.717, 1.165) is 22.4 Å². The average Bonchev–Trinajstić information content (AvgIpc) is 2.85. The van der Waals surface area contributed by atoms with E-state index in [1.54, 1.807) is 31.4 Å². The Kier molecular flexibility index (Phi) is 8.15. The largest absolute Gasteiger partial charge is 0.497 e. The number of amides is 1. The third-order valence-corrected chi connectivity index (χ3v) is 4.88. The molecular weight excluding hydrogens is 406 g/mol. The second kappa shape index (κ2) is 11.5. The van der Waals surface area contributed by atoms with Gasteiger partial charge < -0.3 is 14.8 Å². The Bertz CT molecular complexity index is 1040. The number of Topliss-reactive ketones (excluding diaryl/α,β-unsaturated/α-hetero) is 1. The molecule has 0 atom stereocenters. The SMILES string of the molecule is COc1ccc(CNC(=O)COC(=O)CCC(=O)c2ccc(-c3ccccc3)cc2)cc1. The van der Waals surface area contributed by atoms with E-state index in [2.05, 4.69) is 5.32 Å². The highest BCUT2D eigenvalue weighted by atomic mass is 16.5. The molecule has 1 N–H and O–H groups in total. The average molecular weight is 431 g/mol. The van der Waals surface area contributed by atoms with Crippen LogP contribution in [-0.2, 0) is 20.9 Å². The fourth-order valence-electron chi connectivity index (χ4n) is 3.05. The lowest BCUT2D eigenvalue weighted by Gasteiger charge is -2.08. The summed E-state index contributed by atoms with van der Waals surface area (Å²) in [7, 11) is 1.58. The molecule has 0 unspecified atom stereocenters. The lowest BCUT2D eigenvalue weighted by molar-refractivity contribution is -0.148. The maximum Gasteiger partial charge on any atom is 0.306 e. The quantitative estimate of drug-likeness (QED) is 0.385. The van der Waals surface area contributed by atoms with Gasteiger partial charge in [0, 0.05) is 18.5 Å². The zero-order valence-electron chi connectivity index (χ0n) is 17.9. The van der Waals surface area contributed by atoms with Crippen LogP contribution in [0.4, 0.5) is 0 Å². The molecule has 3 aromatic rings. The van der Waals surface area contributed by atoms with Crippen molar-refractivity contribution < 1.29 is 23.9 Å². The number of hydrogen-bond acceptors (Lipinski definition) is 5. The Balaban J connectivity index is 1.37. The number of rotatable bonds is 10. The monoisotopic (exact) mass is 431 g/mol. The van der Waals surface area contributed by atoms with Gasteiger partial charge in [0.2, 0.25) is 0 Å². The van der Waals surface area contributed by atoms with Crippen molar-refractivity contribution in [3.05, 3.63) is 90.0 Å². The van der Waals surface area contributed by atoms with E-state index in [4.69, 9.17) is 9.47 Å². The Hall–Kier alpha value is -3.93. The standard InChI is InChI=1S/C26H25NO5/c1-31-23-13-7-19(8-14-23)17-27-25(29)18-32-26(30)16-15-24(28)22-11-9-21(10-12-22)20-5-3-2-4-6-20/h2-14H,15-18H2,1H3,(H,27,29). The smallest absolute Gasteiger partial charge is 0.306 e. The molecule has 0 radical (unpaired) electrons. The number of ketones is 1. The summed E-state index contributed by atoms with van der Waals surface area (Å²) in [5, 5.41) is 2.68. The van der Waals surface area contributed by atoms with Crippen molar-refractivity contribution in [1.29, 1.82) is 0 Å². The van der Waals surface area contributed by atoms with Gasteiger partial charge >= 0.3 is 5.97 Å². The van der Waals surface area contributed by atoms with E-state index >= 15 is 0 Å². The first-order chi connectivity index (χ1) is 15.5. The lowest BCUT2D eigenvalue weighted by Crippen LogP contribution is -2.28. The van der Waals surface area contributed by atoms with Crippen molar-refractivity contribution in [3.63, 3.8) is 0 Å². The molecule has 0 aliphatic carbocycles. The van der Waals surface area contributed by atoms with E-state index in [9.17, 15) is 14.4 Å². The van der Waals surface area contributed by atoms with Gasteiger partial charge in [-0.2, -0.15) is 0 Å². The molecule has 6 heteroatoms. The van der Waals surface area contributed by atoms with Crippen LogP contribution in [0.1, 0.15) is 28.8 Å². The number of nitrogens with one attached hydrogen (secondary N) is 1. The molecule has 3 aromatic carbocycles. The summed E-state index contributed by atoms with van der Waals surface area (Å²) < 4.78 is 10.1. The maximum atomic E-state index is 12.3. The number of ether oxygens (including phenoxy) is 2. The minimum atomic E-state index is -0.584. The van der Waals surface area contributed by atoms with Gasteiger partial charge in [-0.25, -0.2) is 0 Å². The Morgan fingerprint density at radius 1 is 0.781 bits per heavy atom. The summed E-state index contributed by atoms with van der Waals surface area (Å²) in [6.07, 6.45) is -0.0536. The van der Waals surface area contributed by atoms with E-state index in [0.29, 0.717) is 12.1 Å². The summed E-state index contributed by atoms with van der Waals surface area (Å²) in [5.41, 5.74) is 3.52. The molecule has 0 heterocycles. The molecule has 0 saturated heterocycles. The van der Waals surface area contributed by atoms with E-state index in [1.807, 2.05) is 54.6 Å². The van der Waals surface area contributed by atoms with Crippen LogP contribution in [0.5, 0.6) is 5.75 Å². The van der Waals surface area contributed by atoms with E-state index in [-0.39, 0.29) is 25.2 Å². The first-order valence-electron chi connectivity index (χ1n) is 10.3. The van der Waals surface area contributed by atoms with Crippen molar-refractivity contribution >= 4 is 17.7 Å². The normalized spacial score (nSPS) is 10.3. The number of hydrogen-bond donors (Lipinski definition) is 1. The van der Waals surface area contributed by atoms with Crippen molar-refractivity contribution in [2.75, 3.05) is 13.7 Å². The highest BCUT2D eigenvalue weighted by molar-refractivity contribution is 5.98. The van der Waals surface area contributed by atoms with Crippen LogP contribution in [0, 0.1) is 0 Å². The van der Waals surface area contributed by atoms with Gasteiger partial charge in [0.25, 0.3) is 5.91 Å². The van der Waals surface area contributed by atoms with Crippen LogP contribution in [0.3, 0.4) is 0 Å². The van der Waals surface area contributed by atoms with E-state index in [1.165, 1.54) is 0 Å². The van der Waals surface area contributed by atoms with Gasteiger partial charge in [-0.3, -0.25) is 14.4 Å². The van der Waals surface area contributed by atoms with Crippen molar-refractivity contribution in [2.24, 2.45) is 0 Å². The Labute approximate surface area is 187 Å². The molecule has 0 fully saturated rings. The number of benzene rings is 3. The zero-order valence-corrected chi connectivity index (χ0v) is 17.9. The molecule has 0 aliphatic rings. The van der Waals surface area contributed by atoms with Gasteiger partial charge in [-0.05, 0) is 28.8 Å². The molecule has 0 bridgehead atoms. The first-order valence-corrected chi connectivity index (χ1v) is 10.3. The summed E-state index contributed by atoms with van der Waals surface area (Å²) in [6, 6.07) is 24.4. The molecule has 32 heavy (non-hydrogen) atoms. The second-order valence-electron chi connectivity index (χ2n) is 7.15. The Morgan fingerprint density at radius 2 is 1.44 bits per heavy atom. The van der Waals surface area contributed by atoms with Gasteiger partial charge in [-0.15, -0.1) is 0 Å². The summed E-state index contributed by atoms with van der Waals surface area (Å²) in [6.45, 7) is -0.0627. The summed E-state index contributed by atoms with van der Waals surface area (Å²) in [4.78, 5) is 36.1. The van der Waals surface area contributed by atoms with Gasteiger partial charge in [-0.1, -0.05) is 66.7 Å². The highest BCUT2D eigenvalue weighted by Gasteiger charge is 2.12. The second-order valence-corrected chi connectivity index (χ2v) is 7.15. The minimum Gasteiger partial charge on any atom is -0.497 e. The maximum absolute atomic E-state index is 12.3. The fourth-order valence-corrected chi connectivity index (χ4v) is 3.05. The third kappa shape index (κ3) is 6.80. The summed E-state index contributed by atoms with van der Waals surface area (Å²) >= 11 is 0. The molecule has 0 saturated carbocycles. The van der Waals surface area contributed by atoms with Crippen molar-refractivity contribution in [1.82, 2.24) is 5.32 Å². The molecule has 164 valence electrons. The number of carbonyl (C=O) groups is 3. The number of methoxy groups -OCH3 is 1. The highest BCUT2D eigenvalue weighted by Crippen LogP contribution is 2.20. The van der Waals surface area contributed by atoms with Crippen LogP contribution in [-0.4, -0.2) is 31.4 Å². The molecule has 0 aromatic heterocycles. The lowest BCUT2D eigenvalue weighted by atomic mass is 10.0. The predicted molar refractivity (Wildman–Crippen MR) is 121 cm³/mol. The minimum absolute atomic E-state index is 0.0248. The molecule has 0 aliphatic heterocycles. The zero-order chi connectivity index (χ0) is 22.8. The molecule has 6 nitrogen and oxygen atoms in total. The van der Waals surface area contributed by atoms with Gasteiger partial charge in [0.1, 0.15) is 5.75 Å². The first kappa shape index (κ1) is 22.7. The van der Waals surface area contributed by atoms with Gasteiger partial charge in [0.05, 0.1) is 13.5 Å². The summed E-state index contributed by atoms with van der Waals surface area (Å²) in [5.74, 6) is -0.406. The Morgan fingerprint density at radius 3 is 2.09 bits per heavy atom. The number of esters is 1. The van der Waals surface area contributed by atoms with Crippen molar-refractivity contribution in [2.45, 2.75) is 19.4 Å².